The SMILES string of the molecule is COc1ccc(N2C(=O)C3C4CC(C3C2=O)C2C4Sc3[nH]c(=O)sc3[C@@H]2c2ccc(OCC(=O)Nc3cccc4ccccc34)cc2)cc1. The van der Waals surface area contributed by atoms with E-state index in [-0.39, 0.29) is 70.0 Å². The minimum absolute atomic E-state index is 0.0104. The molecule has 6 unspecified atom stereocenters. The van der Waals surface area contributed by atoms with Gasteiger partial charge in [-0.05, 0) is 77.6 Å². The van der Waals surface area contributed by atoms with E-state index < -0.39 is 0 Å². The number of hydrogen-bond donors (Lipinski definition) is 2. The van der Waals surface area contributed by atoms with Crippen molar-refractivity contribution in [1.29, 1.82) is 0 Å². The van der Waals surface area contributed by atoms with Crippen molar-refractivity contribution in [2.75, 3.05) is 23.9 Å². The summed E-state index contributed by atoms with van der Waals surface area (Å²) >= 11 is 2.89. The molecule has 4 aromatic carbocycles. The molecule has 9 rings (SSSR count). The Morgan fingerprint density at radius 1 is 0.878 bits per heavy atom. The number of nitrogens with one attached hydrogen (secondary N) is 2. The lowest BCUT2D eigenvalue weighted by Gasteiger charge is -2.43. The molecule has 4 aliphatic rings. The number of rotatable bonds is 7. The van der Waals surface area contributed by atoms with Crippen molar-refractivity contribution in [2.24, 2.45) is 29.6 Å². The number of hydrogen-bond acceptors (Lipinski definition) is 8. The van der Waals surface area contributed by atoms with Crippen molar-refractivity contribution in [3.05, 3.63) is 111 Å². The molecular formula is C38H31N3O6S2. The Hall–Kier alpha value is -4.87. The molecule has 0 radical (unpaired) electrons. The first kappa shape index (κ1) is 30.2. The molecule has 0 spiro atoms. The maximum absolute atomic E-state index is 14.0. The van der Waals surface area contributed by atoms with Gasteiger partial charge >= 0.3 is 4.87 Å². The fourth-order valence-electron chi connectivity index (χ4n) is 8.82. The minimum atomic E-state index is -0.385. The number of nitrogens with zero attached hydrogens (tertiary/aromatic N) is 1. The first-order chi connectivity index (χ1) is 23.9. The predicted molar refractivity (Wildman–Crippen MR) is 188 cm³/mol. The molecule has 2 bridgehead atoms. The van der Waals surface area contributed by atoms with E-state index in [4.69, 9.17) is 9.47 Å². The lowest BCUT2D eigenvalue weighted by atomic mass is 9.68. The fraction of sp³-hybridized carbons (Fsp3) is 0.263. The van der Waals surface area contributed by atoms with Gasteiger partial charge in [0.1, 0.15) is 11.5 Å². The Morgan fingerprint density at radius 2 is 1.59 bits per heavy atom. The van der Waals surface area contributed by atoms with Gasteiger partial charge in [-0.25, -0.2) is 0 Å². The topological polar surface area (TPSA) is 118 Å². The molecule has 1 saturated heterocycles. The fourth-order valence-corrected chi connectivity index (χ4v) is 11.7. The summed E-state index contributed by atoms with van der Waals surface area (Å²) in [6, 6.07) is 28.4. The van der Waals surface area contributed by atoms with Crippen LogP contribution in [0.1, 0.15) is 22.8 Å². The number of imide groups is 1. The lowest BCUT2D eigenvalue weighted by Crippen LogP contribution is -2.42. The van der Waals surface area contributed by atoms with Crippen LogP contribution in [-0.2, 0) is 14.4 Å². The van der Waals surface area contributed by atoms with Crippen molar-refractivity contribution in [3.63, 3.8) is 0 Å². The molecule has 11 heteroatoms. The average molecular weight is 690 g/mol. The number of H-pyrrole nitrogens is 1. The zero-order chi connectivity index (χ0) is 33.4. The number of aromatic amines is 1. The quantitative estimate of drug-likeness (QED) is 0.193. The number of ether oxygens (including phenoxy) is 2. The number of thioether (sulfide) groups is 1. The lowest BCUT2D eigenvalue weighted by molar-refractivity contribution is -0.123. The van der Waals surface area contributed by atoms with Crippen molar-refractivity contribution in [2.45, 2.75) is 22.6 Å². The molecule has 2 aliphatic heterocycles. The molecule has 3 fully saturated rings. The van der Waals surface area contributed by atoms with Crippen LogP contribution in [0.15, 0.2) is 101 Å². The smallest absolute Gasteiger partial charge is 0.305 e. The van der Waals surface area contributed by atoms with Gasteiger partial charge in [0.05, 0.1) is 29.7 Å². The van der Waals surface area contributed by atoms with Gasteiger partial charge in [0.25, 0.3) is 5.91 Å². The van der Waals surface area contributed by atoms with Gasteiger partial charge in [-0.2, -0.15) is 0 Å². The summed E-state index contributed by atoms with van der Waals surface area (Å²) in [6.45, 7) is -0.148. The Balaban J connectivity index is 0.962. The van der Waals surface area contributed by atoms with Crippen molar-refractivity contribution in [1.82, 2.24) is 4.98 Å². The van der Waals surface area contributed by atoms with Crippen molar-refractivity contribution in [3.8, 4) is 11.5 Å². The second-order valence-electron chi connectivity index (χ2n) is 13.1. The van der Waals surface area contributed by atoms with Gasteiger partial charge in [-0.1, -0.05) is 59.9 Å². The van der Waals surface area contributed by atoms with Crippen LogP contribution in [0.3, 0.4) is 0 Å². The second-order valence-corrected chi connectivity index (χ2v) is 15.3. The number of carbonyl (C=O) groups is 3. The summed E-state index contributed by atoms with van der Waals surface area (Å²) < 4.78 is 11.2. The van der Waals surface area contributed by atoms with Crippen molar-refractivity contribution >= 4 is 63.0 Å². The van der Waals surface area contributed by atoms with E-state index >= 15 is 0 Å². The number of thiazole rings is 1. The molecular weight excluding hydrogens is 659 g/mol. The highest BCUT2D eigenvalue weighted by molar-refractivity contribution is 8.00. The summed E-state index contributed by atoms with van der Waals surface area (Å²) in [5.41, 5.74) is 2.32. The van der Waals surface area contributed by atoms with Crippen LogP contribution in [0.2, 0.25) is 0 Å². The number of amides is 3. The van der Waals surface area contributed by atoms with E-state index in [0.29, 0.717) is 17.2 Å². The molecule has 3 heterocycles. The van der Waals surface area contributed by atoms with Crippen molar-refractivity contribution < 1.29 is 23.9 Å². The third-order valence-electron chi connectivity index (χ3n) is 10.7. The average Bonchev–Trinajstić information content (AvgIpc) is 3.86. The van der Waals surface area contributed by atoms with E-state index in [1.807, 2.05) is 66.7 Å². The van der Waals surface area contributed by atoms with Crippen LogP contribution in [0.4, 0.5) is 11.4 Å². The van der Waals surface area contributed by atoms with Gasteiger partial charge in [0.2, 0.25) is 11.8 Å². The van der Waals surface area contributed by atoms with Crippen LogP contribution in [-0.4, -0.2) is 41.7 Å². The third kappa shape index (κ3) is 4.81. The summed E-state index contributed by atoms with van der Waals surface area (Å²) in [5.74, 6) is -0.0279. The first-order valence-corrected chi connectivity index (χ1v) is 18.0. The number of methoxy groups -OCH3 is 1. The number of fused-ring (bicyclic) bond motifs is 10. The number of anilines is 2. The zero-order valence-electron chi connectivity index (χ0n) is 26.3. The van der Waals surface area contributed by atoms with Gasteiger partial charge in [0.15, 0.2) is 6.61 Å². The number of aromatic nitrogens is 1. The highest BCUT2D eigenvalue weighted by atomic mass is 32.2. The molecule has 2 N–H and O–H groups in total. The molecule has 1 aromatic heterocycles. The van der Waals surface area contributed by atoms with Crippen LogP contribution >= 0.6 is 23.1 Å². The molecule has 5 aromatic rings. The zero-order valence-corrected chi connectivity index (χ0v) is 28.0. The van der Waals surface area contributed by atoms with E-state index in [0.717, 1.165) is 38.3 Å². The van der Waals surface area contributed by atoms with Gasteiger partial charge < -0.3 is 19.8 Å². The molecule has 49 heavy (non-hydrogen) atoms. The maximum atomic E-state index is 14.0. The molecule has 246 valence electrons. The largest absolute Gasteiger partial charge is 0.497 e. The summed E-state index contributed by atoms with van der Waals surface area (Å²) in [5, 5.41) is 5.91. The molecule has 2 aliphatic carbocycles. The summed E-state index contributed by atoms with van der Waals surface area (Å²) in [6.07, 6.45) is 0.814. The van der Waals surface area contributed by atoms with E-state index in [9.17, 15) is 19.2 Å². The Kier molecular flexibility index (Phi) is 7.17. The van der Waals surface area contributed by atoms with Gasteiger partial charge in [-0.15, -0.1) is 11.8 Å². The standard InChI is InChI=1S/C38H31N3O6S2/c1-46-22-15-11-21(12-16-22)41-36(43)31-25-17-26(32(31)37(41)44)33-30(25)29(34-35(48-33)40-38(45)49-34)20-9-13-23(14-10-20)47-18-28(42)39-27-8-4-6-19-5-2-3-7-24(19)27/h2-16,25-26,29-33H,17-18H2,1H3,(H,39,42)(H,40,45)/t25?,26?,29-,30?,31?,32?,33?/m1/s1. The second kappa shape index (κ2) is 11.6. The highest BCUT2D eigenvalue weighted by Crippen LogP contribution is 2.68. The third-order valence-corrected chi connectivity index (χ3v) is 13.3. The van der Waals surface area contributed by atoms with Crippen LogP contribution in [0, 0.1) is 29.6 Å². The Bertz CT molecular complexity index is 2190. The summed E-state index contributed by atoms with van der Waals surface area (Å²) in [4.78, 5) is 58.7. The maximum Gasteiger partial charge on any atom is 0.305 e. The van der Waals surface area contributed by atoms with E-state index in [1.165, 1.54) is 16.2 Å². The Morgan fingerprint density at radius 3 is 2.37 bits per heavy atom. The first-order valence-electron chi connectivity index (χ1n) is 16.3. The Labute approximate surface area is 289 Å². The number of benzene rings is 4. The molecule has 7 atom stereocenters. The molecule has 3 amide bonds. The predicted octanol–water partition coefficient (Wildman–Crippen LogP) is 6.29. The van der Waals surface area contributed by atoms with Crippen LogP contribution in [0.25, 0.3) is 10.8 Å². The van der Waals surface area contributed by atoms with E-state index in [2.05, 4.69) is 10.3 Å². The van der Waals surface area contributed by atoms with Crippen LogP contribution < -0.4 is 24.6 Å². The number of carbonyl (C=O) groups excluding carboxylic acids is 3. The van der Waals surface area contributed by atoms with Crippen LogP contribution in [0.5, 0.6) is 11.5 Å². The normalized spacial score (nSPS) is 26.4. The highest BCUT2D eigenvalue weighted by Gasteiger charge is 2.69. The van der Waals surface area contributed by atoms with Gasteiger partial charge in [0, 0.05) is 27.1 Å². The monoisotopic (exact) mass is 689 g/mol. The van der Waals surface area contributed by atoms with E-state index in [1.54, 1.807) is 43.1 Å². The molecule has 2 saturated carbocycles. The van der Waals surface area contributed by atoms with Gasteiger partial charge in [-0.3, -0.25) is 24.1 Å². The summed E-state index contributed by atoms with van der Waals surface area (Å²) in [7, 11) is 1.58. The minimum Gasteiger partial charge on any atom is -0.497 e. The molecule has 9 nitrogen and oxygen atoms in total.